The minimum absolute atomic E-state index is 0.135. The molecule has 0 radical (unpaired) electrons. The maximum absolute atomic E-state index is 12.3. The van der Waals surface area contributed by atoms with Crippen LogP contribution >= 0.6 is 11.6 Å². The first kappa shape index (κ1) is 13.4. The maximum atomic E-state index is 12.3. The molecule has 6 nitrogen and oxygen atoms in total. The van der Waals surface area contributed by atoms with Crippen molar-refractivity contribution in [2.45, 2.75) is 17.2 Å². The first-order valence-corrected chi connectivity index (χ1v) is 4.42. The van der Waals surface area contributed by atoms with E-state index in [9.17, 15) is 33.4 Å². The third-order valence-electron chi connectivity index (χ3n) is 2.08. The van der Waals surface area contributed by atoms with Crippen LogP contribution in [0.25, 0.3) is 0 Å². The van der Waals surface area contributed by atoms with Crippen LogP contribution < -0.4 is 0 Å². The van der Waals surface area contributed by atoms with Crippen LogP contribution in [0, 0.1) is 20.2 Å². The number of nitrogens with zero attached hydrogens (tertiary/aromatic N) is 2. The van der Waals surface area contributed by atoms with Gasteiger partial charge in [-0.3, -0.25) is 20.2 Å². The molecule has 0 fully saturated rings. The van der Waals surface area contributed by atoms with Crippen molar-refractivity contribution in [2.24, 2.45) is 0 Å². The molecule has 94 valence electrons. The Kier molecular flexibility index (Phi) is 3.15. The lowest BCUT2D eigenvalue weighted by Gasteiger charge is -2.21. The molecule has 1 rings (SSSR count). The van der Waals surface area contributed by atoms with Crippen molar-refractivity contribution < 1.29 is 23.0 Å². The Balaban J connectivity index is 3.24. The van der Waals surface area contributed by atoms with E-state index >= 15 is 0 Å². The third-order valence-corrected chi connectivity index (χ3v) is 2.57. The highest BCUT2D eigenvalue weighted by Crippen LogP contribution is 2.36. The van der Waals surface area contributed by atoms with Gasteiger partial charge in [0, 0.05) is 17.1 Å². The zero-order valence-corrected chi connectivity index (χ0v) is 8.60. The van der Waals surface area contributed by atoms with Crippen molar-refractivity contribution in [3.8, 4) is 0 Å². The van der Waals surface area contributed by atoms with Crippen molar-refractivity contribution in [3.63, 3.8) is 0 Å². The molecule has 0 aliphatic heterocycles. The SMILES string of the molecule is O=[N+]([O-])C1C=C(C(F)(F)F)C=CC1(Cl)[N+](=O)[O-]. The first-order chi connectivity index (χ1) is 7.59. The van der Waals surface area contributed by atoms with E-state index in [1.54, 1.807) is 0 Å². The standard InChI is InChI=1S/C7H4ClF3N2O4/c8-6(13(16)17)2-1-4(7(9,10)11)3-5(6)12(14)15/h1-3,5H. The molecule has 0 heterocycles. The molecule has 2 unspecified atom stereocenters. The van der Waals surface area contributed by atoms with E-state index < -0.39 is 32.6 Å². The van der Waals surface area contributed by atoms with E-state index in [2.05, 4.69) is 0 Å². The molecule has 0 saturated heterocycles. The smallest absolute Gasteiger partial charge is 0.264 e. The molecule has 0 N–H and O–H groups in total. The summed E-state index contributed by atoms with van der Waals surface area (Å²) >= 11 is 5.35. The number of hydrogen-bond donors (Lipinski definition) is 0. The lowest BCUT2D eigenvalue weighted by atomic mass is 9.98. The molecule has 0 aromatic heterocycles. The van der Waals surface area contributed by atoms with Crippen LogP contribution in [0.5, 0.6) is 0 Å². The Morgan fingerprint density at radius 1 is 1.35 bits per heavy atom. The minimum atomic E-state index is -4.82. The number of alkyl halides is 4. The van der Waals surface area contributed by atoms with E-state index in [0.717, 1.165) is 0 Å². The molecule has 0 bridgehead atoms. The van der Waals surface area contributed by atoms with Crippen molar-refractivity contribution >= 4 is 11.6 Å². The highest BCUT2D eigenvalue weighted by atomic mass is 35.5. The fourth-order valence-corrected chi connectivity index (χ4v) is 1.42. The maximum Gasteiger partial charge on any atom is 0.416 e. The molecule has 0 saturated carbocycles. The van der Waals surface area contributed by atoms with Gasteiger partial charge in [-0.25, -0.2) is 0 Å². The average Bonchev–Trinajstić information content (AvgIpc) is 2.15. The Bertz CT molecular complexity index is 433. The van der Waals surface area contributed by atoms with Gasteiger partial charge in [0.15, 0.2) is 0 Å². The molecule has 0 amide bonds. The molecule has 2 atom stereocenters. The van der Waals surface area contributed by atoms with Gasteiger partial charge in [-0.15, -0.1) is 0 Å². The summed E-state index contributed by atoms with van der Waals surface area (Å²) in [7, 11) is 0. The first-order valence-electron chi connectivity index (χ1n) is 4.04. The van der Waals surface area contributed by atoms with Crippen LogP contribution in [0.3, 0.4) is 0 Å². The Morgan fingerprint density at radius 2 is 1.88 bits per heavy atom. The van der Waals surface area contributed by atoms with Gasteiger partial charge < -0.3 is 0 Å². The Hall–Kier alpha value is -1.64. The minimum Gasteiger partial charge on any atom is -0.264 e. The highest BCUT2D eigenvalue weighted by Gasteiger charge is 2.57. The summed E-state index contributed by atoms with van der Waals surface area (Å²) in [6.45, 7) is 0. The van der Waals surface area contributed by atoms with E-state index in [4.69, 9.17) is 11.6 Å². The predicted octanol–water partition coefficient (Wildman–Crippen LogP) is 1.90. The zero-order chi connectivity index (χ0) is 13.4. The summed E-state index contributed by atoms with van der Waals surface area (Å²) in [4.78, 5) is 15.9. The Morgan fingerprint density at radius 3 is 2.24 bits per heavy atom. The molecule has 0 aromatic carbocycles. The lowest BCUT2D eigenvalue weighted by molar-refractivity contribution is -0.613. The fraction of sp³-hybridized carbons (Fsp3) is 0.429. The molecule has 0 spiro atoms. The predicted molar refractivity (Wildman–Crippen MR) is 49.6 cm³/mol. The summed E-state index contributed by atoms with van der Waals surface area (Å²) < 4.78 is 36.8. The van der Waals surface area contributed by atoms with Crippen LogP contribution in [0.4, 0.5) is 13.2 Å². The largest absolute Gasteiger partial charge is 0.416 e. The molecular formula is C7H4ClF3N2O4. The van der Waals surface area contributed by atoms with Crippen molar-refractivity contribution in [2.75, 3.05) is 0 Å². The monoisotopic (exact) mass is 272 g/mol. The summed E-state index contributed by atoms with van der Waals surface area (Å²) in [5.41, 5.74) is -1.34. The van der Waals surface area contributed by atoms with Crippen LogP contribution in [0.1, 0.15) is 0 Å². The van der Waals surface area contributed by atoms with Crippen molar-refractivity contribution in [1.82, 2.24) is 0 Å². The number of allylic oxidation sites excluding steroid dienone is 2. The van der Waals surface area contributed by atoms with E-state index in [1.807, 2.05) is 0 Å². The average molecular weight is 273 g/mol. The quantitative estimate of drug-likeness (QED) is 0.332. The summed E-state index contributed by atoms with van der Waals surface area (Å²) in [6, 6.07) is -2.28. The third kappa shape index (κ3) is 2.38. The molecular weight excluding hydrogens is 269 g/mol. The molecule has 10 heteroatoms. The summed E-state index contributed by atoms with van der Waals surface area (Å²) in [5.74, 6) is 0. The van der Waals surface area contributed by atoms with E-state index in [0.29, 0.717) is 12.2 Å². The van der Waals surface area contributed by atoms with Gasteiger partial charge in [-0.05, 0) is 17.7 Å². The molecule has 0 aromatic rings. The van der Waals surface area contributed by atoms with Gasteiger partial charge in [-0.1, -0.05) is 0 Å². The van der Waals surface area contributed by atoms with Crippen molar-refractivity contribution in [3.05, 3.63) is 44.0 Å². The number of halogens is 4. The lowest BCUT2D eigenvalue weighted by Crippen LogP contribution is -2.48. The van der Waals surface area contributed by atoms with Crippen LogP contribution in [0.15, 0.2) is 23.8 Å². The van der Waals surface area contributed by atoms with Gasteiger partial charge in [0.05, 0.1) is 10.5 Å². The van der Waals surface area contributed by atoms with Gasteiger partial charge in [0.25, 0.3) is 0 Å². The zero-order valence-electron chi connectivity index (χ0n) is 7.85. The number of hydrogen-bond acceptors (Lipinski definition) is 4. The summed E-state index contributed by atoms with van der Waals surface area (Å²) in [5, 5.41) is 21.1. The second-order valence-corrected chi connectivity index (χ2v) is 3.77. The van der Waals surface area contributed by atoms with E-state index in [-0.39, 0.29) is 6.08 Å². The van der Waals surface area contributed by atoms with E-state index in [1.165, 1.54) is 0 Å². The second kappa shape index (κ2) is 3.99. The van der Waals surface area contributed by atoms with Crippen LogP contribution in [0.2, 0.25) is 0 Å². The topological polar surface area (TPSA) is 86.3 Å². The van der Waals surface area contributed by atoms with Crippen molar-refractivity contribution in [1.29, 1.82) is 0 Å². The molecule has 1 aliphatic carbocycles. The second-order valence-electron chi connectivity index (χ2n) is 3.17. The van der Waals surface area contributed by atoms with Gasteiger partial charge >= 0.3 is 17.2 Å². The van der Waals surface area contributed by atoms with Crippen LogP contribution in [-0.2, 0) is 0 Å². The molecule has 17 heavy (non-hydrogen) atoms. The summed E-state index contributed by atoms with van der Waals surface area (Å²) in [6.07, 6.45) is -3.96. The van der Waals surface area contributed by atoms with Gasteiger partial charge in [0.1, 0.15) is 0 Å². The Labute approximate surface area is 96.6 Å². The number of rotatable bonds is 2. The van der Waals surface area contributed by atoms with Gasteiger partial charge in [0.2, 0.25) is 0 Å². The highest BCUT2D eigenvalue weighted by molar-refractivity contribution is 6.24. The van der Waals surface area contributed by atoms with Crippen LogP contribution in [-0.4, -0.2) is 27.1 Å². The van der Waals surface area contributed by atoms with Gasteiger partial charge in [-0.2, -0.15) is 13.2 Å². The normalized spacial score (nSPS) is 28.7. The molecule has 1 aliphatic rings. The number of nitro groups is 2. The fourth-order valence-electron chi connectivity index (χ4n) is 1.21.